The van der Waals surface area contributed by atoms with Crippen LogP contribution in [0.1, 0.15) is 11.1 Å². The standard InChI is InChI=1S/C17H16N4O8/c1-10-3-4-14(12(5-10)20(24)25)29-9-16(22)19-18-8-11-6-13(21(26)27)17(23)15(7-11)28-2/h3-8,23H,9H2,1-2H3,(H,19,22). The van der Waals surface area contributed by atoms with Crippen molar-refractivity contribution in [1.82, 2.24) is 5.43 Å². The number of nitrogens with zero attached hydrogens (tertiary/aromatic N) is 3. The van der Waals surface area contributed by atoms with E-state index in [9.17, 15) is 30.1 Å². The first kappa shape index (κ1) is 21.1. The van der Waals surface area contributed by atoms with Gasteiger partial charge in [0.1, 0.15) is 0 Å². The van der Waals surface area contributed by atoms with Gasteiger partial charge in [0, 0.05) is 17.7 Å². The van der Waals surface area contributed by atoms with Crippen LogP contribution in [0.4, 0.5) is 11.4 Å². The van der Waals surface area contributed by atoms with E-state index in [1.165, 1.54) is 25.3 Å². The summed E-state index contributed by atoms with van der Waals surface area (Å²) >= 11 is 0. The first-order chi connectivity index (χ1) is 13.7. The number of ether oxygens (including phenoxy) is 2. The van der Waals surface area contributed by atoms with Gasteiger partial charge in [-0.1, -0.05) is 6.07 Å². The molecule has 2 rings (SSSR count). The lowest BCUT2D eigenvalue weighted by Gasteiger charge is -2.06. The lowest BCUT2D eigenvalue weighted by Crippen LogP contribution is -2.24. The summed E-state index contributed by atoms with van der Waals surface area (Å²) in [4.78, 5) is 32.4. The number of amides is 1. The fourth-order valence-corrected chi connectivity index (χ4v) is 2.23. The van der Waals surface area contributed by atoms with Crippen molar-refractivity contribution in [1.29, 1.82) is 0 Å². The maximum absolute atomic E-state index is 11.8. The fraction of sp³-hybridized carbons (Fsp3) is 0.176. The van der Waals surface area contributed by atoms with Crippen molar-refractivity contribution in [2.75, 3.05) is 13.7 Å². The molecule has 12 heteroatoms. The van der Waals surface area contributed by atoms with E-state index in [-0.39, 0.29) is 22.7 Å². The molecule has 0 unspecified atom stereocenters. The number of aryl methyl sites for hydroxylation is 1. The van der Waals surface area contributed by atoms with Crippen molar-refractivity contribution in [2.24, 2.45) is 5.10 Å². The second-order valence-corrected chi connectivity index (χ2v) is 5.66. The molecule has 0 bridgehead atoms. The second kappa shape index (κ2) is 9.12. The van der Waals surface area contributed by atoms with Gasteiger partial charge in [-0.15, -0.1) is 0 Å². The topological polar surface area (TPSA) is 166 Å². The summed E-state index contributed by atoms with van der Waals surface area (Å²) in [6.07, 6.45) is 1.10. The molecule has 0 aromatic heterocycles. The van der Waals surface area contributed by atoms with E-state index in [2.05, 4.69) is 10.5 Å². The molecule has 0 saturated heterocycles. The third-order valence-electron chi connectivity index (χ3n) is 3.57. The number of nitro groups is 2. The van der Waals surface area contributed by atoms with E-state index in [1.54, 1.807) is 13.0 Å². The number of carbonyl (C=O) groups excluding carboxylic acids is 1. The number of hydrogen-bond donors (Lipinski definition) is 2. The Morgan fingerprint density at radius 1 is 1.17 bits per heavy atom. The van der Waals surface area contributed by atoms with Crippen molar-refractivity contribution in [3.8, 4) is 17.2 Å². The summed E-state index contributed by atoms with van der Waals surface area (Å²) < 4.78 is 10.0. The number of hydrazone groups is 1. The minimum Gasteiger partial charge on any atom is -0.500 e. The number of nitro benzene ring substituents is 2. The summed E-state index contributed by atoms with van der Waals surface area (Å²) in [6, 6.07) is 6.62. The number of carbonyl (C=O) groups is 1. The average molecular weight is 404 g/mol. The third kappa shape index (κ3) is 5.38. The van der Waals surface area contributed by atoms with Crippen LogP contribution < -0.4 is 14.9 Å². The predicted molar refractivity (Wildman–Crippen MR) is 100 cm³/mol. The smallest absolute Gasteiger partial charge is 0.315 e. The maximum Gasteiger partial charge on any atom is 0.315 e. The number of phenols is 1. The highest BCUT2D eigenvalue weighted by molar-refractivity contribution is 5.85. The van der Waals surface area contributed by atoms with Gasteiger partial charge in [-0.2, -0.15) is 5.10 Å². The van der Waals surface area contributed by atoms with E-state index < -0.39 is 33.8 Å². The number of benzene rings is 2. The van der Waals surface area contributed by atoms with Crippen LogP contribution in [0.25, 0.3) is 0 Å². The molecule has 2 aromatic carbocycles. The van der Waals surface area contributed by atoms with Crippen LogP contribution in [0, 0.1) is 27.2 Å². The SMILES string of the molecule is COc1cc(C=NNC(=O)COc2ccc(C)cc2[N+](=O)[O-])cc([N+](=O)[O-])c1O. The molecule has 0 radical (unpaired) electrons. The summed E-state index contributed by atoms with van der Waals surface area (Å²) in [5.41, 5.74) is 2.11. The van der Waals surface area contributed by atoms with Crippen LogP contribution in [0.15, 0.2) is 35.4 Å². The molecule has 0 saturated carbocycles. The number of methoxy groups -OCH3 is 1. The van der Waals surface area contributed by atoms with Gasteiger partial charge in [-0.25, -0.2) is 5.43 Å². The van der Waals surface area contributed by atoms with E-state index >= 15 is 0 Å². The lowest BCUT2D eigenvalue weighted by molar-refractivity contribution is -0.386. The number of rotatable bonds is 8. The first-order valence-electron chi connectivity index (χ1n) is 7.98. The minimum atomic E-state index is -0.796. The van der Waals surface area contributed by atoms with Crippen molar-refractivity contribution >= 4 is 23.5 Å². The number of nitrogens with one attached hydrogen (secondary N) is 1. The molecule has 12 nitrogen and oxygen atoms in total. The largest absolute Gasteiger partial charge is 0.500 e. The fourth-order valence-electron chi connectivity index (χ4n) is 2.23. The number of aromatic hydroxyl groups is 1. The van der Waals surface area contributed by atoms with Crippen molar-refractivity contribution < 1.29 is 29.2 Å². The van der Waals surface area contributed by atoms with Gasteiger partial charge in [0.15, 0.2) is 18.1 Å². The van der Waals surface area contributed by atoms with E-state index in [1.807, 2.05) is 0 Å². The Bertz CT molecular complexity index is 990. The van der Waals surface area contributed by atoms with Crippen LogP contribution in [0.5, 0.6) is 17.2 Å². The molecular formula is C17H16N4O8. The molecular weight excluding hydrogens is 388 g/mol. The van der Waals surface area contributed by atoms with Gasteiger partial charge >= 0.3 is 11.4 Å². The van der Waals surface area contributed by atoms with Crippen LogP contribution in [0.2, 0.25) is 0 Å². The Morgan fingerprint density at radius 3 is 2.48 bits per heavy atom. The van der Waals surface area contributed by atoms with E-state index in [0.29, 0.717) is 5.56 Å². The van der Waals surface area contributed by atoms with Crippen LogP contribution in [-0.2, 0) is 4.79 Å². The normalized spacial score (nSPS) is 10.6. The van der Waals surface area contributed by atoms with Crippen molar-refractivity contribution in [2.45, 2.75) is 6.92 Å². The highest BCUT2D eigenvalue weighted by Gasteiger charge is 2.19. The quantitative estimate of drug-likeness (QED) is 0.383. The van der Waals surface area contributed by atoms with E-state index in [0.717, 1.165) is 12.3 Å². The zero-order valence-electron chi connectivity index (χ0n) is 15.3. The Balaban J connectivity index is 2.03. The first-order valence-corrected chi connectivity index (χ1v) is 7.98. The molecule has 0 spiro atoms. The zero-order chi connectivity index (χ0) is 21.6. The molecule has 0 fully saturated rings. The summed E-state index contributed by atoms with van der Waals surface area (Å²) in [6.45, 7) is 1.14. The highest BCUT2D eigenvalue weighted by atomic mass is 16.6. The Kier molecular flexibility index (Phi) is 6.63. The summed E-state index contributed by atoms with van der Waals surface area (Å²) in [7, 11) is 1.23. The monoisotopic (exact) mass is 404 g/mol. The molecule has 0 heterocycles. The zero-order valence-corrected chi connectivity index (χ0v) is 15.3. The second-order valence-electron chi connectivity index (χ2n) is 5.66. The van der Waals surface area contributed by atoms with Gasteiger partial charge in [-0.3, -0.25) is 25.0 Å². The van der Waals surface area contributed by atoms with Gasteiger partial charge in [-0.05, 0) is 24.6 Å². The van der Waals surface area contributed by atoms with Gasteiger partial charge in [0.25, 0.3) is 5.91 Å². The molecule has 0 atom stereocenters. The molecule has 2 aromatic rings. The van der Waals surface area contributed by atoms with Gasteiger partial charge < -0.3 is 14.6 Å². The lowest BCUT2D eigenvalue weighted by atomic mass is 10.2. The van der Waals surface area contributed by atoms with Crippen LogP contribution >= 0.6 is 0 Å². The number of hydrogen-bond acceptors (Lipinski definition) is 9. The predicted octanol–water partition coefficient (Wildman–Crippen LogP) is 2.05. The Morgan fingerprint density at radius 2 is 1.86 bits per heavy atom. The Hall–Kier alpha value is -4.22. The minimum absolute atomic E-state index is 0.0707. The summed E-state index contributed by atoms with van der Waals surface area (Å²) in [5, 5.41) is 35.3. The van der Waals surface area contributed by atoms with Crippen LogP contribution in [-0.4, -0.2) is 40.8 Å². The van der Waals surface area contributed by atoms with Gasteiger partial charge in [0.05, 0.1) is 23.2 Å². The Labute approximate surface area is 163 Å². The molecule has 2 N–H and O–H groups in total. The van der Waals surface area contributed by atoms with Crippen LogP contribution in [0.3, 0.4) is 0 Å². The molecule has 29 heavy (non-hydrogen) atoms. The maximum atomic E-state index is 11.8. The van der Waals surface area contributed by atoms with E-state index in [4.69, 9.17) is 9.47 Å². The molecule has 1 amide bonds. The molecule has 152 valence electrons. The third-order valence-corrected chi connectivity index (χ3v) is 3.57. The summed E-state index contributed by atoms with van der Waals surface area (Å²) in [5.74, 6) is -1.55. The van der Waals surface area contributed by atoms with Gasteiger partial charge in [0.2, 0.25) is 5.75 Å². The molecule has 0 aliphatic rings. The molecule has 0 aliphatic heterocycles. The van der Waals surface area contributed by atoms with Crippen molar-refractivity contribution in [3.05, 3.63) is 61.7 Å². The highest BCUT2D eigenvalue weighted by Crippen LogP contribution is 2.36. The number of phenolic OH excluding ortho intramolecular Hbond substituents is 1. The van der Waals surface area contributed by atoms with Crippen molar-refractivity contribution in [3.63, 3.8) is 0 Å². The molecule has 0 aliphatic carbocycles. The average Bonchev–Trinajstić information content (AvgIpc) is 2.67.